The number of anilines is 1. The van der Waals surface area contributed by atoms with Crippen LogP contribution in [0.1, 0.15) is 38.8 Å². The molecule has 1 rings (SSSR count). The normalized spacial score (nSPS) is 11.9. The van der Waals surface area contributed by atoms with E-state index in [-0.39, 0.29) is 5.92 Å². The van der Waals surface area contributed by atoms with E-state index in [1.807, 2.05) is 45.9 Å². The molecular formula is C17H26N2O3. The lowest BCUT2D eigenvalue weighted by atomic mass is 10.0. The molecule has 1 unspecified atom stereocenters. The van der Waals surface area contributed by atoms with Gasteiger partial charge in [0.25, 0.3) is 0 Å². The standard InChI is InChI=1S/C17H26N2O3/c1-6-13-10-8-9-12(5)15(13)19-17(21)18-14(11(3)4)16(20)22-7-2/h8-11,14H,6-7H2,1-5H3,(H2,18,19,21). The smallest absolute Gasteiger partial charge is 0.328 e. The van der Waals surface area contributed by atoms with Crippen LogP contribution in [0.3, 0.4) is 0 Å². The number of urea groups is 1. The predicted molar refractivity (Wildman–Crippen MR) is 88.0 cm³/mol. The van der Waals surface area contributed by atoms with E-state index in [1.165, 1.54) is 0 Å². The molecule has 0 aliphatic heterocycles. The monoisotopic (exact) mass is 306 g/mol. The summed E-state index contributed by atoms with van der Waals surface area (Å²) in [6.07, 6.45) is 0.822. The number of hydrogen-bond acceptors (Lipinski definition) is 3. The number of benzene rings is 1. The molecule has 122 valence electrons. The third kappa shape index (κ3) is 4.76. The largest absolute Gasteiger partial charge is 0.464 e. The lowest BCUT2D eigenvalue weighted by molar-refractivity contribution is -0.146. The first-order chi connectivity index (χ1) is 10.4. The number of hydrogen-bond donors (Lipinski definition) is 2. The number of carbonyl (C=O) groups is 2. The minimum absolute atomic E-state index is 0.0488. The lowest BCUT2D eigenvalue weighted by Gasteiger charge is -2.21. The van der Waals surface area contributed by atoms with Crippen molar-refractivity contribution in [2.75, 3.05) is 11.9 Å². The van der Waals surface area contributed by atoms with E-state index < -0.39 is 18.0 Å². The van der Waals surface area contributed by atoms with E-state index in [9.17, 15) is 9.59 Å². The number of esters is 1. The van der Waals surface area contributed by atoms with E-state index >= 15 is 0 Å². The van der Waals surface area contributed by atoms with Crippen molar-refractivity contribution in [3.05, 3.63) is 29.3 Å². The van der Waals surface area contributed by atoms with Crippen molar-refractivity contribution < 1.29 is 14.3 Å². The van der Waals surface area contributed by atoms with Gasteiger partial charge >= 0.3 is 12.0 Å². The van der Waals surface area contributed by atoms with E-state index in [1.54, 1.807) is 6.92 Å². The number of para-hydroxylation sites is 1. The molecule has 0 bridgehead atoms. The molecule has 2 amide bonds. The number of ether oxygens (including phenoxy) is 1. The molecule has 1 aromatic carbocycles. The molecule has 0 radical (unpaired) electrons. The van der Waals surface area contributed by atoms with Crippen LogP contribution in [0.2, 0.25) is 0 Å². The van der Waals surface area contributed by atoms with E-state index in [2.05, 4.69) is 10.6 Å². The Balaban J connectivity index is 2.82. The quantitative estimate of drug-likeness (QED) is 0.793. The highest BCUT2D eigenvalue weighted by Crippen LogP contribution is 2.21. The molecule has 0 fully saturated rings. The van der Waals surface area contributed by atoms with Gasteiger partial charge in [-0.2, -0.15) is 0 Å². The highest BCUT2D eigenvalue weighted by Gasteiger charge is 2.25. The minimum Gasteiger partial charge on any atom is -0.464 e. The summed E-state index contributed by atoms with van der Waals surface area (Å²) in [5, 5.41) is 5.56. The summed E-state index contributed by atoms with van der Waals surface area (Å²) < 4.78 is 5.00. The van der Waals surface area contributed by atoms with Crippen molar-refractivity contribution in [2.45, 2.75) is 47.1 Å². The molecule has 5 heteroatoms. The van der Waals surface area contributed by atoms with Crippen molar-refractivity contribution in [2.24, 2.45) is 5.92 Å². The Morgan fingerprint density at radius 2 is 1.91 bits per heavy atom. The van der Waals surface area contributed by atoms with Crippen molar-refractivity contribution in [1.29, 1.82) is 0 Å². The first-order valence-corrected chi connectivity index (χ1v) is 7.73. The van der Waals surface area contributed by atoms with Gasteiger partial charge in [0, 0.05) is 5.69 Å². The zero-order valence-corrected chi connectivity index (χ0v) is 14.0. The Morgan fingerprint density at radius 3 is 2.45 bits per heavy atom. The Bertz CT molecular complexity index is 527. The number of amides is 2. The Labute approximate surface area is 132 Å². The van der Waals surface area contributed by atoms with Gasteiger partial charge in [-0.1, -0.05) is 39.0 Å². The Kier molecular flexibility index (Phi) is 6.89. The zero-order valence-electron chi connectivity index (χ0n) is 14.0. The van der Waals surface area contributed by atoms with Crippen LogP contribution in [0.15, 0.2) is 18.2 Å². The molecule has 0 aliphatic carbocycles. The maximum atomic E-state index is 12.2. The summed E-state index contributed by atoms with van der Waals surface area (Å²) in [6.45, 7) is 9.76. The highest BCUT2D eigenvalue weighted by atomic mass is 16.5. The highest BCUT2D eigenvalue weighted by molar-refractivity contribution is 5.94. The summed E-state index contributed by atoms with van der Waals surface area (Å²) in [4.78, 5) is 24.1. The second-order valence-electron chi connectivity index (χ2n) is 5.53. The van der Waals surface area contributed by atoms with Crippen LogP contribution in [0.5, 0.6) is 0 Å². The molecule has 5 nitrogen and oxygen atoms in total. The molecule has 22 heavy (non-hydrogen) atoms. The second-order valence-corrected chi connectivity index (χ2v) is 5.53. The fourth-order valence-corrected chi connectivity index (χ4v) is 2.22. The minimum atomic E-state index is -0.658. The molecule has 0 saturated heterocycles. The van der Waals surface area contributed by atoms with Gasteiger partial charge in [-0.05, 0) is 37.3 Å². The van der Waals surface area contributed by atoms with E-state index in [0.717, 1.165) is 23.2 Å². The first-order valence-electron chi connectivity index (χ1n) is 7.73. The maximum absolute atomic E-state index is 12.2. The van der Waals surface area contributed by atoms with Crippen LogP contribution in [0.4, 0.5) is 10.5 Å². The van der Waals surface area contributed by atoms with E-state index in [0.29, 0.717) is 6.61 Å². The summed E-state index contributed by atoms with van der Waals surface area (Å²) >= 11 is 0. The van der Waals surface area contributed by atoms with Crippen LogP contribution < -0.4 is 10.6 Å². The van der Waals surface area contributed by atoms with Crippen molar-refractivity contribution in [1.82, 2.24) is 5.32 Å². The third-order valence-electron chi connectivity index (χ3n) is 3.47. The summed E-state index contributed by atoms with van der Waals surface area (Å²) in [6, 6.07) is 4.84. The van der Waals surface area contributed by atoms with Gasteiger partial charge in [0.1, 0.15) is 6.04 Å². The van der Waals surface area contributed by atoms with Gasteiger partial charge in [-0.3, -0.25) is 0 Å². The molecule has 0 spiro atoms. The number of carbonyl (C=O) groups excluding carboxylic acids is 2. The molecule has 0 aromatic heterocycles. The number of aryl methyl sites for hydroxylation is 2. The van der Waals surface area contributed by atoms with E-state index in [4.69, 9.17) is 4.74 Å². The van der Waals surface area contributed by atoms with Crippen LogP contribution >= 0.6 is 0 Å². The Morgan fingerprint density at radius 1 is 1.23 bits per heavy atom. The zero-order chi connectivity index (χ0) is 16.7. The number of nitrogens with one attached hydrogen (secondary N) is 2. The van der Waals surface area contributed by atoms with Crippen molar-refractivity contribution >= 4 is 17.7 Å². The molecule has 0 saturated carbocycles. The molecule has 2 N–H and O–H groups in total. The van der Waals surface area contributed by atoms with Crippen LogP contribution in [-0.2, 0) is 16.0 Å². The van der Waals surface area contributed by atoms with Gasteiger partial charge in [-0.25, -0.2) is 9.59 Å². The molecule has 1 atom stereocenters. The van der Waals surface area contributed by atoms with Crippen LogP contribution in [0, 0.1) is 12.8 Å². The SMILES string of the molecule is CCOC(=O)C(NC(=O)Nc1c(C)cccc1CC)C(C)C. The average molecular weight is 306 g/mol. The average Bonchev–Trinajstić information content (AvgIpc) is 2.46. The fourth-order valence-electron chi connectivity index (χ4n) is 2.22. The second kappa shape index (κ2) is 8.41. The summed E-state index contributed by atoms with van der Waals surface area (Å²) in [7, 11) is 0. The Hall–Kier alpha value is -2.04. The first kappa shape index (κ1) is 18.0. The fraction of sp³-hybridized carbons (Fsp3) is 0.529. The number of rotatable bonds is 6. The molecule has 0 aliphatic rings. The molecule has 0 heterocycles. The van der Waals surface area contributed by atoms with Crippen LogP contribution in [0.25, 0.3) is 0 Å². The lowest BCUT2D eigenvalue weighted by Crippen LogP contribution is -2.47. The molecule has 1 aromatic rings. The predicted octanol–water partition coefficient (Wildman–Crippen LogP) is 3.27. The van der Waals surface area contributed by atoms with Gasteiger partial charge < -0.3 is 15.4 Å². The maximum Gasteiger partial charge on any atom is 0.328 e. The topological polar surface area (TPSA) is 67.4 Å². The molecular weight excluding hydrogens is 280 g/mol. The summed E-state index contributed by atoms with van der Waals surface area (Å²) in [5.74, 6) is -0.458. The van der Waals surface area contributed by atoms with Crippen LogP contribution in [-0.4, -0.2) is 24.6 Å². The van der Waals surface area contributed by atoms with Crippen molar-refractivity contribution in [3.8, 4) is 0 Å². The third-order valence-corrected chi connectivity index (χ3v) is 3.47. The van der Waals surface area contributed by atoms with Gasteiger partial charge in [-0.15, -0.1) is 0 Å². The van der Waals surface area contributed by atoms with Gasteiger partial charge in [0.2, 0.25) is 0 Å². The summed E-state index contributed by atoms with van der Waals surface area (Å²) in [5.41, 5.74) is 2.85. The van der Waals surface area contributed by atoms with Gasteiger partial charge in [0.05, 0.1) is 6.61 Å². The van der Waals surface area contributed by atoms with Gasteiger partial charge in [0.15, 0.2) is 0 Å². The van der Waals surface area contributed by atoms with Crippen molar-refractivity contribution in [3.63, 3.8) is 0 Å².